The summed E-state index contributed by atoms with van der Waals surface area (Å²) < 4.78 is 10.7. The quantitative estimate of drug-likeness (QED) is 0.436. The SMILES string of the molecule is CCCC1CC2OC2C=CC(O)CC(=O)O1. The largest absolute Gasteiger partial charge is 0.462 e. The van der Waals surface area contributed by atoms with Crippen LogP contribution < -0.4 is 0 Å². The molecule has 2 aliphatic rings. The lowest BCUT2D eigenvalue weighted by Crippen LogP contribution is -2.24. The molecule has 90 valence electrons. The van der Waals surface area contributed by atoms with Crippen molar-refractivity contribution in [2.75, 3.05) is 0 Å². The zero-order valence-corrected chi connectivity index (χ0v) is 9.46. The first-order valence-electron chi connectivity index (χ1n) is 5.90. The maximum atomic E-state index is 11.5. The van der Waals surface area contributed by atoms with Crippen LogP contribution in [0.5, 0.6) is 0 Å². The van der Waals surface area contributed by atoms with Crippen molar-refractivity contribution in [1.82, 2.24) is 0 Å². The van der Waals surface area contributed by atoms with Crippen LogP contribution in [0, 0.1) is 0 Å². The van der Waals surface area contributed by atoms with Gasteiger partial charge in [-0.05, 0) is 6.42 Å². The highest BCUT2D eigenvalue weighted by molar-refractivity contribution is 5.70. The van der Waals surface area contributed by atoms with Gasteiger partial charge in [0.2, 0.25) is 0 Å². The number of hydrogen-bond donors (Lipinski definition) is 1. The molecule has 4 atom stereocenters. The fraction of sp³-hybridized carbons (Fsp3) is 0.750. The Morgan fingerprint density at radius 1 is 1.50 bits per heavy atom. The van der Waals surface area contributed by atoms with Gasteiger partial charge in [-0.15, -0.1) is 0 Å². The Bertz CT molecular complexity index is 287. The molecule has 2 heterocycles. The Morgan fingerprint density at radius 3 is 3.06 bits per heavy atom. The van der Waals surface area contributed by atoms with E-state index >= 15 is 0 Å². The van der Waals surface area contributed by atoms with Crippen LogP contribution in [0.25, 0.3) is 0 Å². The molecular weight excluding hydrogens is 208 g/mol. The van der Waals surface area contributed by atoms with Crippen molar-refractivity contribution in [3.05, 3.63) is 12.2 Å². The number of rotatable bonds is 2. The summed E-state index contributed by atoms with van der Waals surface area (Å²) >= 11 is 0. The van der Waals surface area contributed by atoms with Gasteiger partial charge in [0.25, 0.3) is 0 Å². The fourth-order valence-corrected chi connectivity index (χ4v) is 2.03. The van der Waals surface area contributed by atoms with Gasteiger partial charge in [-0.3, -0.25) is 4.79 Å². The highest BCUT2D eigenvalue weighted by Gasteiger charge is 2.39. The minimum absolute atomic E-state index is 0.0358. The van der Waals surface area contributed by atoms with E-state index in [0.29, 0.717) is 0 Å². The zero-order chi connectivity index (χ0) is 11.5. The van der Waals surface area contributed by atoms with E-state index in [2.05, 4.69) is 6.92 Å². The van der Waals surface area contributed by atoms with Crippen LogP contribution in [0.2, 0.25) is 0 Å². The predicted molar refractivity (Wildman–Crippen MR) is 57.8 cm³/mol. The van der Waals surface area contributed by atoms with Gasteiger partial charge in [-0.1, -0.05) is 25.5 Å². The van der Waals surface area contributed by atoms with E-state index in [1.165, 1.54) is 0 Å². The molecule has 0 amide bonds. The number of fused-ring (bicyclic) bond motifs is 1. The van der Waals surface area contributed by atoms with Gasteiger partial charge in [0.05, 0.1) is 18.6 Å². The number of aliphatic hydroxyl groups is 1. The van der Waals surface area contributed by atoms with Crippen LogP contribution in [0.3, 0.4) is 0 Å². The molecule has 2 aliphatic heterocycles. The van der Waals surface area contributed by atoms with Crippen LogP contribution in [-0.4, -0.2) is 35.5 Å². The van der Waals surface area contributed by atoms with E-state index in [0.717, 1.165) is 19.3 Å². The minimum atomic E-state index is -0.752. The first-order valence-corrected chi connectivity index (χ1v) is 5.90. The van der Waals surface area contributed by atoms with Crippen molar-refractivity contribution in [3.8, 4) is 0 Å². The van der Waals surface area contributed by atoms with Crippen molar-refractivity contribution in [1.29, 1.82) is 0 Å². The predicted octanol–water partition coefficient (Wildman–Crippen LogP) is 1.18. The summed E-state index contributed by atoms with van der Waals surface area (Å²) in [6, 6.07) is 0. The Balaban J connectivity index is 1.99. The van der Waals surface area contributed by atoms with Gasteiger partial charge in [0, 0.05) is 6.42 Å². The first-order chi connectivity index (χ1) is 7.69. The molecule has 0 aliphatic carbocycles. The lowest BCUT2D eigenvalue weighted by atomic mass is 10.1. The molecule has 16 heavy (non-hydrogen) atoms. The second-order valence-electron chi connectivity index (χ2n) is 4.43. The maximum Gasteiger partial charge on any atom is 0.309 e. The molecule has 4 heteroatoms. The number of esters is 1. The molecule has 0 radical (unpaired) electrons. The lowest BCUT2D eigenvalue weighted by molar-refractivity contribution is -0.151. The highest BCUT2D eigenvalue weighted by Crippen LogP contribution is 2.30. The Labute approximate surface area is 95.2 Å². The molecular formula is C12H18O4. The van der Waals surface area contributed by atoms with Gasteiger partial charge in [-0.2, -0.15) is 0 Å². The summed E-state index contributed by atoms with van der Waals surface area (Å²) in [7, 11) is 0. The number of hydrogen-bond acceptors (Lipinski definition) is 4. The van der Waals surface area contributed by atoms with Gasteiger partial charge in [0.1, 0.15) is 12.2 Å². The smallest absolute Gasteiger partial charge is 0.309 e. The van der Waals surface area contributed by atoms with E-state index in [-0.39, 0.29) is 30.7 Å². The summed E-state index contributed by atoms with van der Waals surface area (Å²) in [5, 5.41) is 9.51. The number of ether oxygens (including phenoxy) is 2. The average molecular weight is 226 g/mol. The van der Waals surface area contributed by atoms with Gasteiger partial charge in [0.15, 0.2) is 0 Å². The van der Waals surface area contributed by atoms with Crippen LogP contribution in [0.4, 0.5) is 0 Å². The van der Waals surface area contributed by atoms with Crippen LogP contribution in [-0.2, 0) is 14.3 Å². The lowest BCUT2D eigenvalue weighted by Gasteiger charge is -2.17. The fourth-order valence-electron chi connectivity index (χ4n) is 2.03. The summed E-state index contributed by atoms with van der Waals surface area (Å²) in [5.74, 6) is -0.324. The average Bonchev–Trinajstić information content (AvgIpc) is 2.93. The van der Waals surface area contributed by atoms with E-state index in [1.807, 2.05) is 6.08 Å². The van der Waals surface area contributed by atoms with Gasteiger partial charge < -0.3 is 14.6 Å². The first kappa shape index (κ1) is 11.6. The third-order valence-corrected chi connectivity index (χ3v) is 2.92. The summed E-state index contributed by atoms with van der Waals surface area (Å²) in [6.45, 7) is 2.06. The monoisotopic (exact) mass is 226 g/mol. The third-order valence-electron chi connectivity index (χ3n) is 2.92. The van der Waals surface area contributed by atoms with E-state index in [1.54, 1.807) is 6.08 Å². The topological polar surface area (TPSA) is 59.1 Å². The maximum absolute atomic E-state index is 11.5. The van der Waals surface area contributed by atoms with Crippen molar-refractivity contribution in [2.45, 2.75) is 57.0 Å². The third kappa shape index (κ3) is 3.06. The van der Waals surface area contributed by atoms with Crippen molar-refractivity contribution >= 4 is 5.97 Å². The summed E-state index contributed by atoms with van der Waals surface area (Å²) in [6.07, 6.45) is 5.55. The molecule has 1 fully saturated rings. The second kappa shape index (κ2) is 4.97. The molecule has 1 N–H and O–H groups in total. The summed E-state index contributed by atoms with van der Waals surface area (Å²) in [5.41, 5.74) is 0. The molecule has 1 saturated heterocycles. The number of epoxide rings is 1. The number of carbonyl (C=O) groups excluding carboxylic acids is 1. The van der Waals surface area contributed by atoms with E-state index in [9.17, 15) is 9.90 Å². The van der Waals surface area contributed by atoms with Crippen molar-refractivity contribution in [2.24, 2.45) is 0 Å². The molecule has 0 saturated carbocycles. The van der Waals surface area contributed by atoms with Gasteiger partial charge >= 0.3 is 5.97 Å². The molecule has 0 aromatic rings. The normalized spacial score (nSPS) is 38.8. The Hall–Kier alpha value is -0.870. The molecule has 2 rings (SSSR count). The van der Waals surface area contributed by atoms with Crippen LogP contribution in [0.1, 0.15) is 32.6 Å². The van der Waals surface area contributed by atoms with E-state index in [4.69, 9.17) is 9.47 Å². The minimum Gasteiger partial charge on any atom is -0.462 e. The summed E-state index contributed by atoms with van der Waals surface area (Å²) in [4.78, 5) is 11.5. The number of aliphatic hydroxyl groups excluding tert-OH is 1. The molecule has 0 bridgehead atoms. The van der Waals surface area contributed by atoms with Crippen LogP contribution >= 0.6 is 0 Å². The number of carbonyl (C=O) groups is 1. The second-order valence-corrected chi connectivity index (χ2v) is 4.43. The number of cyclic esters (lactones) is 1. The van der Waals surface area contributed by atoms with Crippen LogP contribution in [0.15, 0.2) is 12.2 Å². The molecule has 0 aromatic carbocycles. The van der Waals surface area contributed by atoms with E-state index < -0.39 is 6.10 Å². The zero-order valence-electron chi connectivity index (χ0n) is 9.46. The van der Waals surface area contributed by atoms with Crippen molar-refractivity contribution < 1.29 is 19.4 Å². The highest BCUT2D eigenvalue weighted by atomic mass is 16.6. The molecule has 0 aromatic heterocycles. The Morgan fingerprint density at radius 2 is 2.31 bits per heavy atom. The molecule has 4 unspecified atom stereocenters. The van der Waals surface area contributed by atoms with Gasteiger partial charge in [-0.25, -0.2) is 0 Å². The molecule has 4 nitrogen and oxygen atoms in total. The molecule has 0 spiro atoms. The Kier molecular flexibility index (Phi) is 3.61. The van der Waals surface area contributed by atoms with Crippen molar-refractivity contribution in [3.63, 3.8) is 0 Å². The standard InChI is InChI=1S/C12H18O4/c1-2-3-9-7-11-10(16-11)5-4-8(13)6-12(14)15-9/h4-5,8-11,13H,2-3,6-7H2,1H3.